The number of carbonyl (C=O) groups is 2. The molecule has 3 N–H and O–H groups in total. The summed E-state index contributed by atoms with van der Waals surface area (Å²) in [5.74, 6) is -2.73. The van der Waals surface area contributed by atoms with Gasteiger partial charge in [0.05, 0.1) is 5.02 Å². The van der Waals surface area contributed by atoms with Crippen LogP contribution in [-0.4, -0.2) is 33.2 Å². The normalized spacial score (nSPS) is 12.6. The first-order valence-corrected chi connectivity index (χ1v) is 13.3. The molecule has 0 aliphatic heterocycles. The van der Waals surface area contributed by atoms with Gasteiger partial charge in [-0.2, -0.15) is 0 Å². The lowest BCUT2D eigenvalue weighted by Gasteiger charge is -2.21. The number of H-pyrrole nitrogens is 1. The van der Waals surface area contributed by atoms with Gasteiger partial charge in [-0.05, 0) is 64.9 Å². The zero-order valence-corrected chi connectivity index (χ0v) is 23.0. The summed E-state index contributed by atoms with van der Waals surface area (Å²) < 4.78 is 5.14. The summed E-state index contributed by atoms with van der Waals surface area (Å²) in [7, 11) is 0. The number of fused-ring (bicyclic) bond motifs is 1. The minimum absolute atomic E-state index is 0.111. The van der Waals surface area contributed by atoms with E-state index in [9.17, 15) is 24.6 Å². The van der Waals surface area contributed by atoms with Gasteiger partial charge in [0.15, 0.2) is 0 Å². The molecule has 0 fully saturated rings. The number of halogens is 1. The minimum atomic E-state index is -1.15. The van der Waals surface area contributed by atoms with Gasteiger partial charge in [-0.3, -0.25) is 14.4 Å². The van der Waals surface area contributed by atoms with E-state index in [1.54, 1.807) is 42.5 Å². The zero-order chi connectivity index (χ0) is 29.3. The summed E-state index contributed by atoms with van der Waals surface area (Å²) in [5, 5.41) is 21.7. The second-order valence-electron chi connectivity index (χ2n) is 9.79. The highest BCUT2D eigenvalue weighted by atomic mass is 35.5. The molecule has 5 aromatic rings. The van der Waals surface area contributed by atoms with E-state index in [1.807, 2.05) is 48.5 Å². The van der Waals surface area contributed by atoms with E-state index in [-0.39, 0.29) is 11.3 Å². The second-order valence-corrected chi connectivity index (χ2v) is 10.2. The maximum absolute atomic E-state index is 13.1. The third kappa shape index (κ3) is 5.71. The Balaban J connectivity index is 1.56. The molecule has 7 nitrogen and oxygen atoms in total. The molecule has 0 bridgehead atoms. The smallest absolute Gasteiger partial charge is 0.314 e. The summed E-state index contributed by atoms with van der Waals surface area (Å²) >= 11 is 6.61. The monoisotopic (exact) mass is 567 g/mol. The number of aromatic amines is 1. The number of hydrogen-bond donors (Lipinski definition) is 3. The number of carboxylic acids is 1. The van der Waals surface area contributed by atoms with Crippen LogP contribution in [0.4, 0.5) is 0 Å². The number of aromatic hydroxyl groups is 1. The molecule has 1 aromatic heterocycles. The van der Waals surface area contributed by atoms with Crippen LogP contribution < -0.4 is 5.56 Å². The van der Waals surface area contributed by atoms with Crippen LogP contribution in [-0.2, 0) is 14.3 Å². The van der Waals surface area contributed by atoms with Gasteiger partial charge in [-0.15, -0.1) is 0 Å². The van der Waals surface area contributed by atoms with E-state index in [1.165, 1.54) is 13.8 Å². The number of carbonyl (C=O) groups excluding carboxylic acids is 1. The first-order valence-electron chi connectivity index (χ1n) is 12.9. The summed E-state index contributed by atoms with van der Waals surface area (Å²) in [4.78, 5) is 39.5. The first-order chi connectivity index (χ1) is 19.6. The molecular formula is C33H26ClNO6. The predicted molar refractivity (Wildman–Crippen MR) is 159 cm³/mol. The number of aliphatic carboxylic acids is 1. The van der Waals surface area contributed by atoms with Crippen molar-refractivity contribution in [2.75, 3.05) is 0 Å². The summed E-state index contributed by atoms with van der Waals surface area (Å²) in [6.07, 6.45) is -0.912. The predicted octanol–water partition coefficient (Wildman–Crippen LogP) is 7.01. The number of carboxylic acid groups (broad SMARTS) is 1. The molecular weight excluding hydrogens is 542 g/mol. The molecule has 0 radical (unpaired) electrons. The average Bonchev–Trinajstić information content (AvgIpc) is 2.92. The van der Waals surface area contributed by atoms with Gasteiger partial charge in [0.25, 0.3) is 5.56 Å². The quantitative estimate of drug-likeness (QED) is 0.182. The third-order valence-electron chi connectivity index (χ3n) is 6.97. The van der Waals surface area contributed by atoms with Crippen LogP contribution >= 0.6 is 11.6 Å². The number of phenolic OH excluding ortho intramolecular Hbond substituents is 1. The summed E-state index contributed by atoms with van der Waals surface area (Å²) in [6, 6.07) is 26.7. The maximum Gasteiger partial charge on any atom is 0.314 e. The van der Waals surface area contributed by atoms with Gasteiger partial charge in [0.2, 0.25) is 0 Å². The Kier molecular flexibility index (Phi) is 7.64. The van der Waals surface area contributed by atoms with Crippen LogP contribution in [0.2, 0.25) is 5.02 Å². The molecule has 41 heavy (non-hydrogen) atoms. The molecule has 4 aromatic carbocycles. The fourth-order valence-electron chi connectivity index (χ4n) is 5.07. The zero-order valence-electron chi connectivity index (χ0n) is 22.2. The number of hydrogen-bond acceptors (Lipinski definition) is 5. The molecule has 0 amide bonds. The van der Waals surface area contributed by atoms with Crippen molar-refractivity contribution in [1.82, 2.24) is 4.98 Å². The Morgan fingerprint density at radius 3 is 2.20 bits per heavy atom. The van der Waals surface area contributed by atoms with Crippen LogP contribution in [0.3, 0.4) is 0 Å². The number of benzene rings is 4. The number of nitrogens with one attached hydrogen (secondary N) is 1. The van der Waals surface area contributed by atoms with Crippen LogP contribution in [0.5, 0.6) is 5.75 Å². The molecule has 0 saturated heterocycles. The van der Waals surface area contributed by atoms with Crippen LogP contribution in [0.25, 0.3) is 44.3 Å². The number of aromatic nitrogens is 1. The fraction of sp³-hybridized carbons (Fsp3) is 0.121. The molecule has 0 spiro atoms. The van der Waals surface area contributed by atoms with Crippen molar-refractivity contribution >= 4 is 34.4 Å². The number of pyridine rings is 1. The van der Waals surface area contributed by atoms with Gasteiger partial charge < -0.3 is 19.9 Å². The van der Waals surface area contributed by atoms with E-state index in [0.29, 0.717) is 49.3 Å². The number of ether oxygens (including phenoxy) is 1. The van der Waals surface area contributed by atoms with Crippen molar-refractivity contribution in [1.29, 1.82) is 0 Å². The highest BCUT2D eigenvalue weighted by Gasteiger charge is 2.29. The van der Waals surface area contributed by atoms with Crippen molar-refractivity contribution in [3.8, 4) is 39.1 Å². The van der Waals surface area contributed by atoms with Crippen molar-refractivity contribution in [2.24, 2.45) is 0 Å². The summed E-state index contributed by atoms with van der Waals surface area (Å²) in [6.45, 7) is 2.74. The van der Waals surface area contributed by atoms with E-state index in [2.05, 4.69) is 4.98 Å². The van der Waals surface area contributed by atoms with E-state index in [0.717, 1.165) is 5.56 Å². The number of phenols is 1. The summed E-state index contributed by atoms with van der Waals surface area (Å²) in [5.41, 5.74) is 4.35. The highest BCUT2D eigenvalue weighted by Crippen LogP contribution is 2.37. The van der Waals surface area contributed by atoms with Crippen molar-refractivity contribution in [3.63, 3.8) is 0 Å². The Bertz CT molecular complexity index is 1850. The largest absolute Gasteiger partial charge is 0.507 e. The molecule has 0 aliphatic rings. The highest BCUT2D eigenvalue weighted by molar-refractivity contribution is 6.34. The molecule has 5 rings (SSSR count). The van der Waals surface area contributed by atoms with E-state index in [4.69, 9.17) is 16.3 Å². The van der Waals surface area contributed by atoms with Crippen molar-refractivity contribution in [3.05, 3.63) is 112 Å². The van der Waals surface area contributed by atoms with E-state index >= 15 is 0 Å². The SMILES string of the molecule is CC(=O)OC(C)C(C(=O)O)c1cccc(-c2cc3cc(-c4ccc(-c5ccccc5)c(O)c4)c(Cl)cc3[nH]c2=O)c1. The van der Waals surface area contributed by atoms with E-state index < -0.39 is 24.0 Å². The van der Waals surface area contributed by atoms with Gasteiger partial charge in [-0.1, -0.05) is 72.3 Å². The molecule has 0 aliphatic carbocycles. The molecule has 2 atom stereocenters. The Labute approximate surface area is 240 Å². The van der Waals surface area contributed by atoms with Crippen LogP contribution in [0, 0.1) is 0 Å². The van der Waals surface area contributed by atoms with Gasteiger partial charge in [0, 0.05) is 29.1 Å². The van der Waals surface area contributed by atoms with Crippen LogP contribution in [0.1, 0.15) is 25.3 Å². The number of esters is 1. The van der Waals surface area contributed by atoms with Gasteiger partial charge >= 0.3 is 11.9 Å². The first kappa shape index (κ1) is 27.7. The number of rotatable bonds is 7. The average molecular weight is 568 g/mol. The lowest BCUT2D eigenvalue weighted by molar-refractivity contribution is -0.151. The topological polar surface area (TPSA) is 117 Å². The lowest BCUT2D eigenvalue weighted by atomic mass is 9.91. The molecule has 0 saturated carbocycles. The Hall–Kier alpha value is -4.88. The molecule has 2 unspecified atom stereocenters. The molecule has 1 heterocycles. The second kappa shape index (κ2) is 11.3. The third-order valence-corrected chi connectivity index (χ3v) is 7.28. The lowest BCUT2D eigenvalue weighted by Crippen LogP contribution is -2.27. The Morgan fingerprint density at radius 2 is 1.51 bits per heavy atom. The van der Waals surface area contributed by atoms with Crippen molar-refractivity contribution in [2.45, 2.75) is 25.9 Å². The minimum Gasteiger partial charge on any atom is -0.507 e. The molecule has 8 heteroatoms. The van der Waals surface area contributed by atoms with Gasteiger partial charge in [0.1, 0.15) is 17.8 Å². The molecule has 206 valence electrons. The van der Waals surface area contributed by atoms with Crippen LogP contribution in [0.15, 0.2) is 95.8 Å². The Morgan fingerprint density at radius 1 is 0.829 bits per heavy atom. The fourth-order valence-corrected chi connectivity index (χ4v) is 5.34. The van der Waals surface area contributed by atoms with Gasteiger partial charge in [-0.25, -0.2) is 0 Å². The van der Waals surface area contributed by atoms with Crippen molar-refractivity contribution < 1.29 is 24.5 Å². The standard InChI is InChI=1S/C33H26ClNO6/c1-18(41-19(2)36)31(33(39)40)23-10-6-9-21(13-23)27-15-24-14-26(28(34)17-29(24)35-32(27)38)22-11-12-25(30(37)16-22)20-7-4-3-5-8-20/h3-18,31,37H,1-2H3,(H,35,38)(H,39,40). The maximum atomic E-state index is 13.1.